The van der Waals surface area contributed by atoms with Crippen LogP contribution in [0, 0.1) is 0 Å². The van der Waals surface area contributed by atoms with Crippen LogP contribution in [0.15, 0.2) is 24.3 Å². The van der Waals surface area contributed by atoms with Gasteiger partial charge in [0.15, 0.2) is 0 Å². The van der Waals surface area contributed by atoms with Crippen LogP contribution < -0.4 is 0 Å². The van der Waals surface area contributed by atoms with Crippen molar-refractivity contribution in [2.24, 2.45) is 0 Å². The highest BCUT2D eigenvalue weighted by Crippen LogP contribution is 2.38. The third-order valence-corrected chi connectivity index (χ3v) is 9.35. The van der Waals surface area contributed by atoms with Crippen molar-refractivity contribution in [2.75, 3.05) is 0 Å². The van der Waals surface area contributed by atoms with Gasteiger partial charge in [0.1, 0.15) is 0 Å². The second-order valence-corrected chi connectivity index (χ2v) is 9.92. The fraction of sp³-hybridized carbons (Fsp3) is 0.714. The molecule has 0 nitrogen and oxygen atoms in total. The molecule has 0 aromatic heterocycles. The maximum Gasteiger partial charge on any atom is 0.0541 e. The maximum atomic E-state index is 2.36. The van der Waals surface area contributed by atoms with Gasteiger partial charge in [0.25, 0.3) is 0 Å². The van der Waals surface area contributed by atoms with Crippen molar-refractivity contribution < 1.29 is 0 Å². The number of hydrogen-bond acceptors (Lipinski definition) is 0. The summed E-state index contributed by atoms with van der Waals surface area (Å²) < 4.78 is 0. The lowest BCUT2D eigenvalue weighted by molar-refractivity contribution is 0.935. The monoisotopic (exact) mass is 222 g/mol. The van der Waals surface area contributed by atoms with Crippen LogP contribution in [0.25, 0.3) is 0 Å². The van der Waals surface area contributed by atoms with Gasteiger partial charge >= 0.3 is 0 Å². The molecule has 1 heteroatoms. The Balaban J connectivity index is 2.38. The summed E-state index contributed by atoms with van der Waals surface area (Å²) in [6.45, 7) is 4.28. The van der Waals surface area contributed by atoms with Gasteiger partial charge in [0, 0.05) is 0 Å². The van der Waals surface area contributed by atoms with Crippen molar-refractivity contribution in [2.45, 2.75) is 63.7 Å². The van der Waals surface area contributed by atoms with Gasteiger partial charge in [-0.3, -0.25) is 0 Å². The first-order chi connectivity index (χ1) is 7.33. The van der Waals surface area contributed by atoms with Crippen molar-refractivity contribution >= 4 is 8.07 Å². The van der Waals surface area contributed by atoms with Crippen LogP contribution in [0.2, 0.25) is 24.2 Å². The van der Waals surface area contributed by atoms with Gasteiger partial charge in [-0.05, 0) is 26.7 Å². The largest absolute Gasteiger partial charge is 0.0917 e. The zero-order valence-corrected chi connectivity index (χ0v) is 11.5. The van der Waals surface area contributed by atoms with Crippen LogP contribution in [0.1, 0.15) is 39.5 Å². The molecular weight excluding hydrogens is 196 g/mol. The molecule has 0 spiro atoms. The van der Waals surface area contributed by atoms with Gasteiger partial charge < -0.3 is 0 Å². The summed E-state index contributed by atoms with van der Waals surface area (Å²) in [5.41, 5.74) is 0. The van der Waals surface area contributed by atoms with Crippen LogP contribution in [-0.4, -0.2) is 8.07 Å². The van der Waals surface area contributed by atoms with Crippen LogP contribution in [0.4, 0.5) is 0 Å². The highest BCUT2D eigenvalue weighted by atomic mass is 28.3. The minimum absolute atomic E-state index is 0.809. The molecule has 0 atom stereocenters. The smallest absolute Gasteiger partial charge is 0.0541 e. The Morgan fingerprint density at radius 2 is 1.33 bits per heavy atom. The molecular formula is C14H26Si. The molecule has 1 heterocycles. The Hall–Kier alpha value is -0.303. The fourth-order valence-electron chi connectivity index (χ4n) is 2.86. The van der Waals surface area contributed by atoms with E-state index < -0.39 is 8.07 Å². The Morgan fingerprint density at radius 3 is 1.73 bits per heavy atom. The zero-order valence-electron chi connectivity index (χ0n) is 10.5. The minimum atomic E-state index is -0.809. The highest BCUT2D eigenvalue weighted by Gasteiger charge is 2.34. The SMILES string of the molecule is C/C=C/CC[Si]1(CC/C=C/C)CCCC1. The summed E-state index contributed by atoms with van der Waals surface area (Å²) in [7, 11) is -0.809. The van der Waals surface area contributed by atoms with Gasteiger partial charge in [-0.15, -0.1) is 0 Å². The lowest BCUT2D eigenvalue weighted by atomic mass is 10.4. The van der Waals surface area contributed by atoms with E-state index in [4.69, 9.17) is 0 Å². The number of allylic oxidation sites excluding steroid dienone is 4. The summed E-state index contributed by atoms with van der Waals surface area (Å²) in [4.78, 5) is 0. The molecule has 1 aliphatic rings. The van der Waals surface area contributed by atoms with Crippen molar-refractivity contribution in [3.63, 3.8) is 0 Å². The van der Waals surface area contributed by atoms with Crippen LogP contribution in [0.5, 0.6) is 0 Å². The normalized spacial score (nSPS) is 20.7. The van der Waals surface area contributed by atoms with Gasteiger partial charge in [0.2, 0.25) is 0 Å². The lowest BCUT2D eigenvalue weighted by Gasteiger charge is -2.25. The van der Waals surface area contributed by atoms with Crippen molar-refractivity contribution in [3.05, 3.63) is 24.3 Å². The Morgan fingerprint density at radius 1 is 0.867 bits per heavy atom. The van der Waals surface area contributed by atoms with Gasteiger partial charge in [-0.1, -0.05) is 61.3 Å². The molecule has 1 fully saturated rings. The summed E-state index contributed by atoms with van der Waals surface area (Å²) in [6.07, 6.45) is 14.9. The topological polar surface area (TPSA) is 0 Å². The van der Waals surface area contributed by atoms with E-state index in [1.54, 1.807) is 24.2 Å². The number of rotatable bonds is 6. The molecule has 86 valence electrons. The maximum absolute atomic E-state index is 2.36. The summed E-state index contributed by atoms with van der Waals surface area (Å²) in [6, 6.07) is 6.33. The molecule has 0 radical (unpaired) electrons. The van der Waals surface area contributed by atoms with Crippen LogP contribution >= 0.6 is 0 Å². The van der Waals surface area contributed by atoms with Crippen molar-refractivity contribution in [1.29, 1.82) is 0 Å². The first-order valence-corrected chi connectivity index (χ1v) is 9.38. The lowest BCUT2D eigenvalue weighted by Crippen LogP contribution is -2.29. The molecule has 0 saturated carbocycles. The van der Waals surface area contributed by atoms with Gasteiger partial charge in [-0.2, -0.15) is 0 Å². The summed E-state index contributed by atoms with van der Waals surface area (Å²) >= 11 is 0. The second-order valence-electron chi connectivity index (χ2n) is 4.92. The Bertz CT molecular complexity index is 191. The van der Waals surface area contributed by atoms with E-state index in [0.29, 0.717) is 0 Å². The molecule has 0 bridgehead atoms. The fourth-order valence-corrected chi connectivity index (χ4v) is 7.92. The molecule has 0 aromatic carbocycles. The summed E-state index contributed by atoms with van der Waals surface area (Å²) in [5, 5.41) is 0. The average molecular weight is 222 g/mol. The standard InChI is InChI=1S/C14H26Si/c1-3-5-7-11-15(12-8-6-4-2)13-9-10-14-15/h3-6H,7-14H2,1-2H3/b5-3+,6-4+. The third kappa shape index (κ3) is 4.37. The molecule has 15 heavy (non-hydrogen) atoms. The Kier molecular flexibility index (Phi) is 6.00. The van der Waals surface area contributed by atoms with E-state index >= 15 is 0 Å². The average Bonchev–Trinajstić information content (AvgIpc) is 2.68. The van der Waals surface area contributed by atoms with Crippen LogP contribution in [-0.2, 0) is 0 Å². The van der Waals surface area contributed by atoms with Crippen molar-refractivity contribution in [3.8, 4) is 0 Å². The molecule has 1 rings (SSSR count). The van der Waals surface area contributed by atoms with E-state index in [-0.39, 0.29) is 0 Å². The van der Waals surface area contributed by atoms with E-state index in [0.717, 1.165) is 0 Å². The molecule has 0 aromatic rings. The quantitative estimate of drug-likeness (QED) is 0.430. The van der Waals surface area contributed by atoms with E-state index in [1.165, 1.54) is 25.7 Å². The zero-order chi connectivity index (χ0) is 11.0. The molecule has 0 amide bonds. The minimum Gasteiger partial charge on any atom is -0.0917 e. The molecule has 1 saturated heterocycles. The highest BCUT2D eigenvalue weighted by molar-refractivity contribution is 6.80. The van der Waals surface area contributed by atoms with Gasteiger partial charge in [0.05, 0.1) is 8.07 Å². The second kappa shape index (κ2) is 7.05. The molecule has 1 aliphatic heterocycles. The van der Waals surface area contributed by atoms with E-state index in [1.807, 2.05) is 0 Å². The number of hydrogen-bond donors (Lipinski definition) is 0. The van der Waals surface area contributed by atoms with E-state index in [9.17, 15) is 0 Å². The third-order valence-electron chi connectivity index (χ3n) is 3.82. The summed E-state index contributed by atoms with van der Waals surface area (Å²) in [5.74, 6) is 0. The van der Waals surface area contributed by atoms with Gasteiger partial charge in [-0.25, -0.2) is 0 Å². The van der Waals surface area contributed by atoms with Crippen molar-refractivity contribution in [1.82, 2.24) is 0 Å². The molecule has 0 unspecified atom stereocenters. The van der Waals surface area contributed by atoms with Crippen LogP contribution in [0.3, 0.4) is 0 Å². The predicted molar refractivity (Wildman–Crippen MR) is 73.1 cm³/mol. The molecule has 0 N–H and O–H groups in total. The first kappa shape index (κ1) is 12.8. The predicted octanol–water partition coefficient (Wildman–Crippen LogP) is 5.16. The Labute approximate surface area is 96.5 Å². The first-order valence-electron chi connectivity index (χ1n) is 6.55. The molecule has 0 aliphatic carbocycles. The van der Waals surface area contributed by atoms with E-state index in [2.05, 4.69) is 38.2 Å².